The zero-order chi connectivity index (χ0) is 19.1. The van der Waals surface area contributed by atoms with E-state index in [4.69, 9.17) is 4.74 Å². The molecular formula is C20H20N2O3S2. The summed E-state index contributed by atoms with van der Waals surface area (Å²) < 4.78 is 7.05. The zero-order valence-electron chi connectivity index (χ0n) is 15.0. The lowest BCUT2D eigenvalue weighted by molar-refractivity contribution is -0.150. The molecule has 0 aliphatic heterocycles. The van der Waals surface area contributed by atoms with Crippen LogP contribution < -0.4 is 0 Å². The molecule has 0 aliphatic rings. The van der Waals surface area contributed by atoms with E-state index in [2.05, 4.69) is 4.98 Å². The van der Waals surface area contributed by atoms with Crippen LogP contribution in [0.15, 0.2) is 58.9 Å². The molecule has 2 aromatic carbocycles. The summed E-state index contributed by atoms with van der Waals surface area (Å²) >= 11 is 2.87. The van der Waals surface area contributed by atoms with Crippen LogP contribution in [-0.4, -0.2) is 40.7 Å². The molecule has 0 spiro atoms. The van der Waals surface area contributed by atoms with Crippen LogP contribution in [0, 0.1) is 0 Å². The number of thioether (sulfide) groups is 1. The first-order valence-corrected chi connectivity index (χ1v) is 10.4. The average molecular weight is 401 g/mol. The summed E-state index contributed by atoms with van der Waals surface area (Å²) in [7, 11) is 0. The van der Waals surface area contributed by atoms with Gasteiger partial charge in [0.1, 0.15) is 0 Å². The van der Waals surface area contributed by atoms with E-state index >= 15 is 0 Å². The normalized spacial score (nSPS) is 10.7. The molecule has 0 saturated heterocycles. The molecule has 140 valence electrons. The standard InChI is InChI=1S/C20H20N2O3S2/c1-2-22(12-15-8-4-3-5-9-15)18(23)13-25-19(24)14-26-20-21-16-10-6-7-11-17(16)27-20/h3-11H,2,12-14H2,1H3. The Kier molecular flexibility index (Phi) is 6.84. The summed E-state index contributed by atoms with van der Waals surface area (Å²) in [4.78, 5) is 30.4. The Morgan fingerprint density at radius 1 is 1.11 bits per heavy atom. The Morgan fingerprint density at radius 2 is 1.85 bits per heavy atom. The van der Waals surface area contributed by atoms with E-state index in [0.29, 0.717) is 13.1 Å². The summed E-state index contributed by atoms with van der Waals surface area (Å²) in [6.45, 7) is 2.74. The van der Waals surface area contributed by atoms with Crippen LogP contribution in [0.4, 0.5) is 0 Å². The molecule has 0 bridgehead atoms. The minimum absolute atomic E-state index is 0.137. The lowest BCUT2D eigenvalue weighted by atomic mass is 10.2. The SMILES string of the molecule is CCN(Cc1ccccc1)C(=O)COC(=O)CSc1nc2ccccc2s1. The molecule has 0 unspecified atom stereocenters. The highest BCUT2D eigenvalue weighted by atomic mass is 32.2. The molecule has 3 rings (SSSR count). The molecule has 1 amide bonds. The van der Waals surface area contributed by atoms with Crippen molar-refractivity contribution < 1.29 is 14.3 Å². The van der Waals surface area contributed by atoms with Gasteiger partial charge in [-0.3, -0.25) is 9.59 Å². The van der Waals surface area contributed by atoms with Gasteiger partial charge in [0.05, 0.1) is 16.0 Å². The number of hydrogen-bond donors (Lipinski definition) is 0. The number of para-hydroxylation sites is 1. The third-order valence-corrected chi connectivity index (χ3v) is 6.05. The van der Waals surface area contributed by atoms with Gasteiger partial charge in [-0.25, -0.2) is 4.98 Å². The molecule has 1 heterocycles. The number of carbonyl (C=O) groups excluding carboxylic acids is 2. The Balaban J connectivity index is 1.45. The Labute approximate surface area is 166 Å². The van der Waals surface area contributed by atoms with Gasteiger partial charge < -0.3 is 9.64 Å². The van der Waals surface area contributed by atoms with Crippen molar-refractivity contribution in [1.82, 2.24) is 9.88 Å². The number of aromatic nitrogens is 1. The second-order valence-electron chi connectivity index (χ2n) is 5.79. The lowest BCUT2D eigenvalue weighted by Crippen LogP contribution is -2.34. The Morgan fingerprint density at radius 3 is 2.59 bits per heavy atom. The van der Waals surface area contributed by atoms with Crippen LogP contribution in [0.5, 0.6) is 0 Å². The number of esters is 1. The fraction of sp³-hybridized carbons (Fsp3) is 0.250. The number of hydrogen-bond acceptors (Lipinski definition) is 6. The molecule has 0 N–H and O–H groups in total. The number of amides is 1. The second-order valence-corrected chi connectivity index (χ2v) is 8.04. The van der Waals surface area contributed by atoms with Crippen molar-refractivity contribution in [3.05, 3.63) is 60.2 Å². The minimum Gasteiger partial charge on any atom is -0.455 e. The second kappa shape index (κ2) is 9.53. The summed E-state index contributed by atoms with van der Waals surface area (Å²) in [6.07, 6.45) is 0. The van der Waals surface area contributed by atoms with Gasteiger partial charge in [-0.1, -0.05) is 54.2 Å². The summed E-state index contributed by atoms with van der Waals surface area (Å²) in [5, 5.41) is 0. The van der Waals surface area contributed by atoms with Gasteiger partial charge >= 0.3 is 5.97 Å². The number of fused-ring (bicyclic) bond motifs is 1. The van der Waals surface area contributed by atoms with Gasteiger partial charge in [-0.2, -0.15) is 0 Å². The number of likely N-dealkylation sites (N-methyl/N-ethyl adjacent to an activating group) is 1. The van der Waals surface area contributed by atoms with Crippen LogP contribution in [-0.2, 0) is 20.9 Å². The van der Waals surface area contributed by atoms with Crippen molar-refractivity contribution in [3.63, 3.8) is 0 Å². The van der Waals surface area contributed by atoms with Crippen molar-refractivity contribution in [1.29, 1.82) is 0 Å². The molecule has 0 radical (unpaired) electrons. The zero-order valence-corrected chi connectivity index (χ0v) is 16.6. The maximum atomic E-state index is 12.3. The number of thiazole rings is 1. The fourth-order valence-corrected chi connectivity index (χ4v) is 4.36. The third-order valence-electron chi connectivity index (χ3n) is 3.90. The molecule has 0 aliphatic carbocycles. The molecule has 3 aromatic rings. The highest BCUT2D eigenvalue weighted by Gasteiger charge is 2.15. The van der Waals surface area contributed by atoms with Gasteiger partial charge in [-0.05, 0) is 24.6 Å². The van der Waals surface area contributed by atoms with Crippen molar-refractivity contribution in [3.8, 4) is 0 Å². The maximum absolute atomic E-state index is 12.3. The summed E-state index contributed by atoms with van der Waals surface area (Å²) in [5.74, 6) is -0.471. The third kappa shape index (κ3) is 5.55. The number of ether oxygens (including phenoxy) is 1. The smallest absolute Gasteiger partial charge is 0.316 e. The Hall–Kier alpha value is -2.38. The number of rotatable bonds is 8. The predicted molar refractivity (Wildman–Crippen MR) is 109 cm³/mol. The molecule has 1 aromatic heterocycles. The van der Waals surface area contributed by atoms with Crippen molar-refractivity contribution in [2.24, 2.45) is 0 Å². The van der Waals surface area contributed by atoms with E-state index in [1.54, 1.807) is 16.2 Å². The topological polar surface area (TPSA) is 59.5 Å². The summed E-state index contributed by atoms with van der Waals surface area (Å²) in [6, 6.07) is 17.6. The quantitative estimate of drug-likeness (QED) is 0.423. The highest BCUT2D eigenvalue weighted by molar-refractivity contribution is 8.01. The molecular weight excluding hydrogens is 380 g/mol. The van der Waals surface area contributed by atoms with Gasteiger partial charge in [0, 0.05) is 13.1 Å². The van der Waals surface area contributed by atoms with E-state index in [1.165, 1.54) is 11.8 Å². The fourth-order valence-electron chi connectivity index (χ4n) is 2.49. The van der Waals surface area contributed by atoms with Crippen LogP contribution in [0.25, 0.3) is 10.2 Å². The van der Waals surface area contributed by atoms with Crippen LogP contribution in [0.2, 0.25) is 0 Å². The average Bonchev–Trinajstić information content (AvgIpc) is 3.12. The maximum Gasteiger partial charge on any atom is 0.316 e. The molecule has 27 heavy (non-hydrogen) atoms. The van der Waals surface area contributed by atoms with Crippen molar-refractivity contribution >= 4 is 45.2 Å². The molecule has 0 saturated carbocycles. The minimum atomic E-state index is -0.414. The highest BCUT2D eigenvalue weighted by Crippen LogP contribution is 2.29. The van der Waals surface area contributed by atoms with E-state index in [1.807, 2.05) is 61.5 Å². The van der Waals surface area contributed by atoms with Crippen molar-refractivity contribution in [2.75, 3.05) is 18.9 Å². The largest absolute Gasteiger partial charge is 0.455 e. The van der Waals surface area contributed by atoms with E-state index in [9.17, 15) is 9.59 Å². The van der Waals surface area contributed by atoms with Crippen molar-refractivity contribution in [2.45, 2.75) is 17.8 Å². The van der Waals surface area contributed by atoms with Gasteiger partial charge in [-0.15, -0.1) is 11.3 Å². The number of carbonyl (C=O) groups is 2. The first-order valence-electron chi connectivity index (χ1n) is 8.61. The number of nitrogens with zero attached hydrogens (tertiary/aromatic N) is 2. The Bertz CT molecular complexity index is 879. The van der Waals surface area contributed by atoms with Crippen LogP contribution >= 0.6 is 23.1 Å². The van der Waals surface area contributed by atoms with E-state index < -0.39 is 5.97 Å². The number of benzene rings is 2. The van der Waals surface area contributed by atoms with Gasteiger partial charge in [0.2, 0.25) is 0 Å². The predicted octanol–water partition coefficient (Wildman–Crippen LogP) is 3.98. The van der Waals surface area contributed by atoms with Gasteiger partial charge in [0.25, 0.3) is 5.91 Å². The molecule has 0 atom stereocenters. The van der Waals surface area contributed by atoms with Gasteiger partial charge in [0.15, 0.2) is 10.9 Å². The van der Waals surface area contributed by atoms with Crippen LogP contribution in [0.1, 0.15) is 12.5 Å². The molecule has 0 fully saturated rings. The summed E-state index contributed by atoms with van der Waals surface area (Å²) in [5.41, 5.74) is 1.97. The van der Waals surface area contributed by atoms with Crippen LogP contribution in [0.3, 0.4) is 0 Å². The monoisotopic (exact) mass is 400 g/mol. The molecule has 7 heteroatoms. The van der Waals surface area contributed by atoms with E-state index in [0.717, 1.165) is 20.1 Å². The molecule has 5 nitrogen and oxygen atoms in total. The lowest BCUT2D eigenvalue weighted by Gasteiger charge is -2.20. The first kappa shape index (κ1) is 19.4. The first-order chi connectivity index (χ1) is 13.2. The van der Waals surface area contributed by atoms with E-state index in [-0.39, 0.29) is 18.3 Å².